The molecule has 0 bridgehead atoms. The van der Waals surface area contributed by atoms with Gasteiger partial charge in [0.2, 0.25) is 0 Å². The molecular formula is C22H18FNO2. The maximum absolute atomic E-state index is 13.9. The van der Waals surface area contributed by atoms with Crippen molar-refractivity contribution in [3.8, 4) is 11.3 Å². The van der Waals surface area contributed by atoms with Crippen LogP contribution in [0.5, 0.6) is 0 Å². The molecule has 3 nitrogen and oxygen atoms in total. The van der Waals surface area contributed by atoms with Crippen molar-refractivity contribution in [2.24, 2.45) is 0 Å². The lowest BCUT2D eigenvalue weighted by Crippen LogP contribution is -2.04. The topological polar surface area (TPSA) is 50.2 Å². The molecule has 0 radical (unpaired) electrons. The number of hydrogen-bond donors (Lipinski definition) is 1. The third-order valence-corrected chi connectivity index (χ3v) is 4.78. The minimum atomic E-state index is -0.904. The van der Waals surface area contributed by atoms with Gasteiger partial charge < -0.3 is 5.11 Å². The average Bonchev–Trinajstić information content (AvgIpc) is 3.48. The van der Waals surface area contributed by atoms with E-state index in [-0.39, 0.29) is 5.82 Å². The van der Waals surface area contributed by atoms with E-state index in [0.29, 0.717) is 29.2 Å². The SMILES string of the molecule is O=C(O)c1cc(C2CC2)ccc1Cc1ccc(-c2ccccc2F)nc1. The molecule has 0 spiro atoms. The van der Waals surface area contributed by atoms with Crippen LogP contribution in [0.4, 0.5) is 4.39 Å². The molecule has 26 heavy (non-hydrogen) atoms. The molecule has 3 aromatic rings. The summed E-state index contributed by atoms with van der Waals surface area (Å²) in [4.78, 5) is 16.0. The highest BCUT2D eigenvalue weighted by Gasteiger charge is 2.25. The molecule has 0 unspecified atom stereocenters. The lowest BCUT2D eigenvalue weighted by molar-refractivity contribution is 0.0695. The largest absolute Gasteiger partial charge is 0.478 e. The molecule has 1 aromatic heterocycles. The predicted molar refractivity (Wildman–Crippen MR) is 97.8 cm³/mol. The molecule has 0 atom stereocenters. The summed E-state index contributed by atoms with van der Waals surface area (Å²) in [5.41, 5.74) is 4.15. The van der Waals surface area contributed by atoms with Crippen molar-refractivity contribution in [3.63, 3.8) is 0 Å². The van der Waals surface area contributed by atoms with Crippen LogP contribution in [0.3, 0.4) is 0 Å². The van der Waals surface area contributed by atoms with E-state index >= 15 is 0 Å². The molecule has 1 saturated carbocycles. The van der Waals surface area contributed by atoms with Crippen LogP contribution in [0.1, 0.15) is 45.8 Å². The van der Waals surface area contributed by atoms with Crippen molar-refractivity contribution < 1.29 is 14.3 Å². The van der Waals surface area contributed by atoms with E-state index in [2.05, 4.69) is 4.98 Å². The van der Waals surface area contributed by atoms with Gasteiger partial charge in [0.05, 0.1) is 11.3 Å². The van der Waals surface area contributed by atoms with E-state index in [0.717, 1.165) is 29.5 Å². The number of carbonyl (C=O) groups is 1. The fraction of sp³-hybridized carbons (Fsp3) is 0.182. The van der Waals surface area contributed by atoms with Crippen molar-refractivity contribution in [2.75, 3.05) is 0 Å². The molecule has 1 heterocycles. The number of aromatic carboxylic acids is 1. The van der Waals surface area contributed by atoms with Crippen molar-refractivity contribution in [3.05, 3.63) is 88.9 Å². The number of rotatable bonds is 5. The Morgan fingerprint density at radius 2 is 1.92 bits per heavy atom. The lowest BCUT2D eigenvalue weighted by Gasteiger charge is -2.09. The second-order valence-electron chi connectivity index (χ2n) is 6.70. The zero-order valence-corrected chi connectivity index (χ0v) is 14.2. The van der Waals surface area contributed by atoms with Gasteiger partial charge in [-0.3, -0.25) is 4.98 Å². The van der Waals surface area contributed by atoms with Crippen LogP contribution in [-0.2, 0) is 6.42 Å². The Balaban J connectivity index is 1.59. The molecule has 130 valence electrons. The minimum absolute atomic E-state index is 0.309. The predicted octanol–water partition coefficient (Wildman–Crippen LogP) is 5.05. The number of pyridine rings is 1. The fourth-order valence-corrected chi connectivity index (χ4v) is 3.20. The van der Waals surface area contributed by atoms with Gasteiger partial charge in [-0.05, 0) is 66.1 Å². The molecular weight excluding hydrogens is 329 g/mol. The van der Waals surface area contributed by atoms with Gasteiger partial charge in [-0.1, -0.05) is 30.3 Å². The standard InChI is InChI=1S/C22H18FNO2/c23-20-4-2-1-3-18(20)21-10-5-14(13-24-21)11-17-9-8-16(15-6-7-15)12-19(17)22(25)26/h1-5,8-10,12-13,15H,6-7,11H2,(H,25,26). The normalized spacial score (nSPS) is 13.6. The summed E-state index contributed by atoms with van der Waals surface area (Å²) < 4.78 is 13.9. The average molecular weight is 347 g/mol. The van der Waals surface area contributed by atoms with Crippen LogP contribution in [0, 0.1) is 5.82 Å². The molecule has 4 heteroatoms. The van der Waals surface area contributed by atoms with E-state index in [1.165, 1.54) is 6.07 Å². The summed E-state index contributed by atoms with van der Waals surface area (Å²) in [6.45, 7) is 0. The van der Waals surface area contributed by atoms with Crippen LogP contribution >= 0.6 is 0 Å². The van der Waals surface area contributed by atoms with Crippen molar-refractivity contribution in [1.29, 1.82) is 0 Å². The van der Waals surface area contributed by atoms with E-state index in [1.807, 2.05) is 18.2 Å². The van der Waals surface area contributed by atoms with Gasteiger partial charge in [-0.15, -0.1) is 0 Å². The summed E-state index contributed by atoms with van der Waals surface area (Å²) in [5, 5.41) is 9.54. The van der Waals surface area contributed by atoms with E-state index < -0.39 is 5.97 Å². The van der Waals surface area contributed by atoms with Crippen LogP contribution in [0.2, 0.25) is 0 Å². The maximum atomic E-state index is 13.9. The van der Waals surface area contributed by atoms with Crippen LogP contribution in [-0.4, -0.2) is 16.1 Å². The second kappa shape index (κ2) is 6.71. The van der Waals surface area contributed by atoms with Gasteiger partial charge in [0.15, 0.2) is 0 Å². The number of carboxylic acid groups (broad SMARTS) is 1. The summed E-state index contributed by atoms with van der Waals surface area (Å²) in [7, 11) is 0. The van der Waals surface area contributed by atoms with Gasteiger partial charge in [0, 0.05) is 11.8 Å². The monoisotopic (exact) mass is 347 g/mol. The first-order valence-corrected chi connectivity index (χ1v) is 8.68. The third kappa shape index (κ3) is 3.36. The lowest BCUT2D eigenvalue weighted by atomic mass is 9.96. The highest BCUT2D eigenvalue weighted by molar-refractivity contribution is 5.89. The zero-order valence-electron chi connectivity index (χ0n) is 14.2. The number of hydrogen-bond acceptors (Lipinski definition) is 2. The van der Waals surface area contributed by atoms with Crippen molar-refractivity contribution in [2.45, 2.75) is 25.2 Å². The van der Waals surface area contributed by atoms with E-state index in [1.54, 1.807) is 36.5 Å². The zero-order chi connectivity index (χ0) is 18.1. The Labute approximate surface area is 151 Å². The second-order valence-corrected chi connectivity index (χ2v) is 6.70. The van der Waals surface area contributed by atoms with Gasteiger partial charge in [0.25, 0.3) is 0 Å². The molecule has 1 fully saturated rings. The van der Waals surface area contributed by atoms with Crippen LogP contribution < -0.4 is 0 Å². The maximum Gasteiger partial charge on any atom is 0.335 e. The Bertz CT molecular complexity index is 962. The Kier molecular flexibility index (Phi) is 4.25. The van der Waals surface area contributed by atoms with E-state index in [4.69, 9.17) is 0 Å². The Hall–Kier alpha value is -3.01. The number of nitrogens with zero attached hydrogens (tertiary/aromatic N) is 1. The quantitative estimate of drug-likeness (QED) is 0.702. The van der Waals surface area contributed by atoms with Crippen molar-refractivity contribution >= 4 is 5.97 Å². The summed E-state index contributed by atoms with van der Waals surface area (Å²) in [6, 6.07) is 15.9. The Morgan fingerprint density at radius 1 is 1.12 bits per heavy atom. The Morgan fingerprint density at radius 3 is 2.58 bits per heavy atom. The molecule has 0 aliphatic heterocycles. The minimum Gasteiger partial charge on any atom is -0.478 e. The van der Waals surface area contributed by atoms with Crippen molar-refractivity contribution in [1.82, 2.24) is 4.98 Å². The molecule has 1 aliphatic rings. The smallest absolute Gasteiger partial charge is 0.335 e. The van der Waals surface area contributed by atoms with Crippen LogP contribution in [0.25, 0.3) is 11.3 Å². The first kappa shape index (κ1) is 16.5. The van der Waals surface area contributed by atoms with Gasteiger partial charge in [0.1, 0.15) is 5.82 Å². The molecule has 0 amide bonds. The van der Waals surface area contributed by atoms with Gasteiger partial charge in [-0.2, -0.15) is 0 Å². The number of carboxylic acids is 1. The van der Waals surface area contributed by atoms with Gasteiger partial charge in [-0.25, -0.2) is 9.18 Å². The number of aromatic nitrogens is 1. The van der Waals surface area contributed by atoms with E-state index in [9.17, 15) is 14.3 Å². The molecule has 4 rings (SSSR count). The first-order chi connectivity index (χ1) is 12.6. The van der Waals surface area contributed by atoms with Gasteiger partial charge >= 0.3 is 5.97 Å². The highest BCUT2D eigenvalue weighted by atomic mass is 19.1. The number of halogens is 1. The molecule has 1 N–H and O–H groups in total. The molecule has 1 aliphatic carbocycles. The molecule has 2 aromatic carbocycles. The van der Waals surface area contributed by atoms with Crippen LogP contribution in [0.15, 0.2) is 60.8 Å². The summed E-state index contributed by atoms with van der Waals surface area (Å²) in [6.07, 6.45) is 4.44. The molecule has 0 saturated heterocycles. The third-order valence-electron chi connectivity index (χ3n) is 4.78. The number of benzene rings is 2. The summed E-state index contributed by atoms with van der Waals surface area (Å²) >= 11 is 0. The fourth-order valence-electron chi connectivity index (χ4n) is 3.20. The highest BCUT2D eigenvalue weighted by Crippen LogP contribution is 2.40. The first-order valence-electron chi connectivity index (χ1n) is 8.68. The summed E-state index contributed by atoms with van der Waals surface area (Å²) in [5.74, 6) is -0.695.